The largest absolute Gasteiger partial charge is 0.356 e. The van der Waals surface area contributed by atoms with E-state index in [2.05, 4.69) is 16.1 Å². The van der Waals surface area contributed by atoms with Gasteiger partial charge in [-0.05, 0) is 42.4 Å². The summed E-state index contributed by atoms with van der Waals surface area (Å²) in [5, 5.41) is 5.84. The zero-order valence-corrected chi connectivity index (χ0v) is 23.4. The molecule has 7 atom stereocenters. The molecule has 13 heteroatoms. The zero-order chi connectivity index (χ0) is 28.7. The van der Waals surface area contributed by atoms with E-state index >= 15 is 0 Å². The fourth-order valence-electron chi connectivity index (χ4n) is 5.58. The molecule has 0 aromatic carbocycles. The van der Waals surface area contributed by atoms with Crippen molar-refractivity contribution in [3.05, 3.63) is 0 Å². The van der Waals surface area contributed by atoms with Crippen LogP contribution in [0.3, 0.4) is 0 Å². The molecular formula is C25H38ClF2N5O5. The van der Waals surface area contributed by atoms with Crippen LogP contribution in [0, 0.1) is 28.6 Å². The Morgan fingerprint density at radius 2 is 1.89 bits per heavy atom. The van der Waals surface area contributed by atoms with Crippen LogP contribution in [0.15, 0.2) is 0 Å². The first-order valence-electron chi connectivity index (χ1n) is 13.0. The lowest BCUT2D eigenvalue weighted by Gasteiger charge is -2.39. The molecule has 5 amide bonds. The number of nitrogens with zero attached hydrogens (tertiary/aromatic N) is 2. The number of piperidine rings is 1. The number of alkyl halides is 3. The van der Waals surface area contributed by atoms with Crippen molar-refractivity contribution < 1.29 is 32.8 Å². The minimum Gasteiger partial charge on any atom is -0.356 e. The van der Waals surface area contributed by atoms with Gasteiger partial charge in [-0.15, -0.1) is 0 Å². The second kappa shape index (κ2) is 10.9. The quantitative estimate of drug-likeness (QED) is 0.289. The molecule has 0 aromatic heterocycles. The van der Waals surface area contributed by atoms with E-state index in [1.807, 2.05) is 20.8 Å². The van der Waals surface area contributed by atoms with E-state index < -0.39 is 58.8 Å². The normalized spacial score (nSPS) is 28.0. The number of nitrogens with one attached hydrogen (secondary N) is 3. The van der Waals surface area contributed by atoms with Crippen molar-refractivity contribution in [1.82, 2.24) is 26.0 Å². The third kappa shape index (κ3) is 5.74. The lowest BCUT2D eigenvalue weighted by atomic mass is 9.80. The number of amides is 5. The Balaban J connectivity index is 1.88. The Hall–Kier alpha value is -2.50. The van der Waals surface area contributed by atoms with E-state index in [4.69, 9.17) is 11.6 Å². The summed E-state index contributed by atoms with van der Waals surface area (Å²) in [7, 11) is 0. The molecule has 214 valence electrons. The highest BCUT2D eigenvalue weighted by Crippen LogP contribution is 2.65. The van der Waals surface area contributed by atoms with Gasteiger partial charge in [-0.2, -0.15) is 0 Å². The number of carbonyl (C=O) groups excluding carboxylic acids is 5. The third-order valence-corrected chi connectivity index (χ3v) is 8.80. The molecule has 2 aliphatic heterocycles. The number of rotatable bonds is 9. The maximum absolute atomic E-state index is 13.8. The molecule has 2 heterocycles. The molecule has 3 fully saturated rings. The molecular weight excluding hydrogens is 524 g/mol. The van der Waals surface area contributed by atoms with Crippen molar-refractivity contribution >= 4 is 41.1 Å². The van der Waals surface area contributed by atoms with E-state index in [0.29, 0.717) is 24.4 Å². The summed E-state index contributed by atoms with van der Waals surface area (Å²) in [5.41, 5.74) is -1.07. The molecule has 0 bridgehead atoms. The second-order valence-corrected chi connectivity index (χ2v) is 12.2. The van der Waals surface area contributed by atoms with Crippen LogP contribution in [-0.2, 0) is 24.0 Å². The van der Waals surface area contributed by atoms with Crippen molar-refractivity contribution in [3.8, 4) is 0 Å². The Labute approximate surface area is 226 Å². The molecule has 38 heavy (non-hydrogen) atoms. The number of halogens is 3. The first kappa shape index (κ1) is 30.0. The van der Waals surface area contributed by atoms with Crippen molar-refractivity contribution in [2.45, 2.75) is 78.3 Å². The van der Waals surface area contributed by atoms with Crippen LogP contribution in [0.1, 0.15) is 54.4 Å². The van der Waals surface area contributed by atoms with Crippen molar-refractivity contribution in [3.63, 3.8) is 0 Å². The lowest BCUT2D eigenvalue weighted by Crippen LogP contribution is -2.62. The van der Waals surface area contributed by atoms with Crippen molar-refractivity contribution in [1.29, 1.82) is 0 Å². The van der Waals surface area contributed by atoms with Gasteiger partial charge in [-0.25, -0.2) is 13.8 Å². The molecule has 0 aromatic rings. The molecule has 3 unspecified atom stereocenters. The van der Waals surface area contributed by atoms with Gasteiger partial charge in [0, 0.05) is 13.1 Å². The second-order valence-electron chi connectivity index (χ2n) is 11.8. The van der Waals surface area contributed by atoms with Gasteiger partial charge in [0.1, 0.15) is 12.1 Å². The van der Waals surface area contributed by atoms with Crippen LogP contribution >= 0.6 is 11.6 Å². The Kier molecular flexibility index (Phi) is 8.65. The lowest BCUT2D eigenvalue weighted by molar-refractivity contribution is -0.151. The van der Waals surface area contributed by atoms with Gasteiger partial charge in [0.05, 0.1) is 12.5 Å². The van der Waals surface area contributed by atoms with Crippen molar-refractivity contribution in [2.24, 2.45) is 28.6 Å². The molecule has 1 aliphatic carbocycles. The Morgan fingerprint density at radius 1 is 1.26 bits per heavy atom. The molecule has 10 nitrogen and oxygen atoms in total. The highest BCUT2D eigenvalue weighted by atomic mass is 35.5. The van der Waals surface area contributed by atoms with Crippen LogP contribution in [0.4, 0.5) is 8.78 Å². The Morgan fingerprint density at radius 3 is 2.39 bits per heavy atom. The summed E-state index contributed by atoms with van der Waals surface area (Å²) in [6.45, 7) is 10.7. The summed E-state index contributed by atoms with van der Waals surface area (Å²) in [6, 6.07) is -2.13. The maximum atomic E-state index is 13.8. The summed E-state index contributed by atoms with van der Waals surface area (Å²) in [4.78, 5) is 65.6. The van der Waals surface area contributed by atoms with Gasteiger partial charge in [-0.3, -0.25) is 29.4 Å². The van der Waals surface area contributed by atoms with Gasteiger partial charge in [0.25, 0.3) is 23.4 Å². The summed E-state index contributed by atoms with van der Waals surface area (Å²) < 4.78 is 27.5. The first-order valence-corrected chi connectivity index (χ1v) is 13.4. The summed E-state index contributed by atoms with van der Waals surface area (Å²) in [5.74, 6) is -4.68. The number of hydrogen-bond donors (Lipinski definition) is 3. The van der Waals surface area contributed by atoms with E-state index in [1.54, 1.807) is 13.8 Å². The average molecular weight is 562 g/mol. The fourth-order valence-corrected chi connectivity index (χ4v) is 5.70. The predicted molar refractivity (Wildman–Crippen MR) is 135 cm³/mol. The smallest absolute Gasteiger partial charge is 0.291 e. The highest BCUT2D eigenvalue weighted by Gasteiger charge is 2.70. The van der Waals surface area contributed by atoms with E-state index in [0.717, 1.165) is 6.92 Å². The fraction of sp³-hybridized carbons (Fsp3) is 0.800. The van der Waals surface area contributed by atoms with Crippen molar-refractivity contribution in [2.75, 3.05) is 19.6 Å². The SMILES string of the molecule is CCC(C)(C)C(NC(=O)C(C)F)C(=O)N1C[C@H]2[C@@H]([C@H]1C(=O)NN(C[C@@H]1CCNC1=O)C(=O)C(F)Cl)C2(C)C. The van der Waals surface area contributed by atoms with Crippen LogP contribution in [0.2, 0.25) is 0 Å². The molecule has 2 saturated heterocycles. The monoisotopic (exact) mass is 561 g/mol. The minimum atomic E-state index is -2.45. The number of carbonyl (C=O) groups is 5. The molecule has 0 spiro atoms. The number of hydrazine groups is 1. The average Bonchev–Trinajstić information content (AvgIpc) is 3.20. The predicted octanol–water partition coefficient (Wildman–Crippen LogP) is 1.28. The molecule has 3 rings (SSSR count). The van der Waals surface area contributed by atoms with E-state index in [9.17, 15) is 32.8 Å². The van der Waals surface area contributed by atoms with Crippen LogP contribution in [-0.4, -0.2) is 83.0 Å². The summed E-state index contributed by atoms with van der Waals surface area (Å²) in [6.07, 6.45) is -0.962. The minimum absolute atomic E-state index is 0.0184. The topological polar surface area (TPSA) is 128 Å². The van der Waals surface area contributed by atoms with Crippen LogP contribution in [0.5, 0.6) is 0 Å². The van der Waals surface area contributed by atoms with Gasteiger partial charge in [0.2, 0.25) is 11.8 Å². The Bertz CT molecular complexity index is 991. The van der Waals surface area contributed by atoms with Crippen LogP contribution < -0.4 is 16.1 Å². The number of likely N-dealkylation sites (tertiary alicyclic amines) is 1. The van der Waals surface area contributed by atoms with Gasteiger partial charge in [-0.1, -0.05) is 46.2 Å². The summed E-state index contributed by atoms with van der Waals surface area (Å²) >= 11 is 5.39. The molecule has 1 saturated carbocycles. The maximum Gasteiger partial charge on any atom is 0.291 e. The van der Waals surface area contributed by atoms with Gasteiger partial charge in [0.15, 0.2) is 6.17 Å². The molecule has 0 radical (unpaired) electrons. The van der Waals surface area contributed by atoms with Crippen LogP contribution in [0.25, 0.3) is 0 Å². The molecule has 3 N–H and O–H groups in total. The number of fused-ring (bicyclic) bond motifs is 1. The molecule has 3 aliphatic rings. The number of hydrogen-bond acceptors (Lipinski definition) is 5. The standard InChI is InChI=1S/C25H38ClF2N5O5/c1-7-24(3,4)17(30-19(34)12(2)27)22(37)32-11-14-15(25(14,5)6)16(32)21(36)31-33(23(38)18(26)28)10-13-8-9-29-20(13)35/h12-18H,7-11H2,1-6H3,(H,29,35)(H,30,34)(H,31,36)/t12?,13-,14-,15-,16-,17?,18?/m0/s1. The van der Waals surface area contributed by atoms with E-state index in [-0.39, 0.29) is 36.2 Å². The third-order valence-electron chi connectivity index (χ3n) is 8.61. The van der Waals surface area contributed by atoms with E-state index in [1.165, 1.54) is 4.90 Å². The zero-order valence-electron chi connectivity index (χ0n) is 22.6. The first-order chi connectivity index (χ1) is 17.5. The highest BCUT2D eigenvalue weighted by molar-refractivity contribution is 6.29. The van der Waals surface area contributed by atoms with Gasteiger partial charge >= 0.3 is 0 Å². The van der Waals surface area contributed by atoms with Gasteiger partial charge < -0.3 is 15.5 Å².